The molecule has 0 saturated heterocycles. The molecule has 0 aliphatic rings. The van der Waals surface area contributed by atoms with Crippen LogP contribution >= 0.6 is 12.2 Å². The molecular formula is C21H26N4O2S. The van der Waals surface area contributed by atoms with Crippen LogP contribution < -0.4 is 21.5 Å². The summed E-state index contributed by atoms with van der Waals surface area (Å²) in [6, 6.07) is 13.4. The molecule has 0 saturated carbocycles. The van der Waals surface area contributed by atoms with Crippen molar-refractivity contribution in [3.63, 3.8) is 0 Å². The Morgan fingerprint density at radius 3 is 2.39 bits per heavy atom. The van der Waals surface area contributed by atoms with E-state index in [1.807, 2.05) is 50.2 Å². The standard InChI is InChI=1S/C21H26N4O2S/c1-4-16-10-7-9-15(3)19(16)23-21(28)25-24-18(26)12-13-22-20(27)17-11-6-5-8-14(17)2/h5-11H,4,12-13H2,1-3H3,(H,22,27)(H,24,26)(H2,23,25,28). The lowest BCUT2D eigenvalue weighted by atomic mass is 10.1. The topological polar surface area (TPSA) is 82.3 Å². The van der Waals surface area contributed by atoms with E-state index in [1.54, 1.807) is 6.07 Å². The molecule has 2 aromatic rings. The van der Waals surface area contributed by atoms with Crippen LogP contribution in [0.15, 0.2) is 42.5 Å². The minimum atomic E-state index is -0.269. The predicted molar refractivity (Wildman–Crippen MR) is 116 cm³/mol. The summed E-state index contributed by atoms with van der Waals surface area (Å²) in [6.45, 7) is 6.18. The first-order chi connectivity index (χ1) is 13.4. The van der Waals surface area contributed by atoms with Gasteiger partial charge in [-0.25, -0.2) is 0 Å². The molecule has 148 valence electrons. The first-order valence-corrected chi connectivity index (χ1v) is 9.61. The van der Waals surface area contributed by atoms with Crippen LogP contribution in [-0.4, -0.2) is 23.5 Å². The Morgan fingerprint density at radius 1 is 0.964 bits per heavy atom. The number of hydrazine groups is 1. The Labute approximate surface area is 171 Å². The Bertz CT molecular complexity index is 867. The Morgan fingerprint density at radius 2 is 1.68 bits per heavy atom. The van der Waals surface area contributed by atoms with Crippen molar-refractivity contribution < 1.29 is 9.59 Å². The second-order valence-electron chi connectivity index (χ2n) is 6.41. The molecule has 0 aliphatic carbocycles. The highest BCUT2D eigenvalue weighted by Gasteiger charge is 2.10. The molecule has 0 bridgehead atoms. The van der Waals surface area contributed by atoms with Gasteiger partial charge in [-0.1, -0.05) is 43.3 Å². The summed E-state index contributed by atoms with van der Waals surface area (Å²) in [5.74, 6) is -0.461. The van der Waals surface area contributed by atoms with Crippen molar-refractivity contribution >= 4 is 34.8 Å². The monoisotopic (exact) mass is 398 g/mol. The maximum absolute atomic E-state index is 12.1. The van der Waals surface area contributed by atoms with Crippen LogP contribution in [0.25, 0.3) is 0 Å². The molecule has 0 spiro atoms. The lowest BCUT2D eigenvalue weighted by molar-refractivity contribution is -0.121. The summed E-state index contributed by atoms with van der Waals surface area (Å²) in [4.78, 5) is 24.1. The maximum atomic E-state index is 12.1. The smallest absolute Gasteiger partial charge is 0.251 e. The van der Waals surface area contributed by atoms with Gasteiger partial charge in [-0.2, -0.15) is 0 Å². The van der Waals surface area contributed by atoms with Crippen molar-refractivity contribution in [1.29, 1.82) is 0 Å². The first kappa shape index (κ1) is 21.4. The Balaban J connectivity index is 1.75. The van der Waals surface area contributed by atoms with Crippen molar-refractivity contribution in [1.82, 2.24) is 16.2 Å². The molecule has 6 nitrogen and oxygen atoms in total. The molecule has 0 fully saturated rings. The fourth-order valence-corrected chi connectivity index (χ4v) is 2.90. The summed E-state index contributed by atoms with van der Waals surface area (Å²) in [6.07, 6.45) is 1.01. The first-order valence-electron chi connectivity index (χ1n) is 9.20. The summed E-state index contributed by atoms with van der Waals surface area (Å²) in [5, 5.41) is 6.17. The van der Waals surface area contributed by atoms with Crippen molar-refractivity contribution in [2.75, 3.05) is 11.9 Å². The van der Waals surface area contributed by atoms with Gasteiger partial charge in [-0.15, -0.1) is 0 Å². The highest BCUT2D eigenvalue weighted by molar-refractivity contribution is 7.80. The number of amides is 2. The number of hydrogen-bond donors (Lipinski definition) is 4. The lowest BCUT2D eigenvalue weighted by Crippen LogP contribution is -2.44. The van der Waals surface area contributed by atoms with E-state index >= 15 is 0 Å². The van der Waals surface area contributed by atoms with Crippen molar-refractivity contribution in [2.24, 2.45) is 0 Å². The van der Waals surface area contributed by atoms with E-state index in [0.717, 1.165) is 28.8 Å². The predicted octanol–water partition coefficient (Wildman–Crippen LogP) is 3.00. The van der Waals surface area contributed by atoms with Crippen molar-refractivity contribution in [2.45, 2.75) is 33.6 Å². The van der Waals surface area contributed by atoms with E-state index in [9.17, 15) is 9.59 Å². The number of benzene rings is 2. The molecule has 0 aliphatic heterocycles. The second-order valence-corrected chi connectivity index (χ2v) is 6.82. The number of aryl methyl sites for hydroxylation is 3. The Kier molecular flexibility index (Phi) is 7.95. The zero-order chi connectivity index (χ0) is 20.5. The molecule has 0 atom stereocenters. The SMILES string of the molecule is CCc1cccc(C)c1NC(=S)NNC(=O)CCNC(=O)c1ccccc1C. The van der Waals surface area contributed by atoms with Crippen LogP contribution in [0.4, 0.5) is 5.69 Å². The summed E-state index contributed by atoms with van der Waals surface area (Å²) >= 11 is 5.25. The fraction of sp³-hybridized carbons (Fsp3) is 0.286. The number of anilines is 1. The molecule has 2 rings (SSSR count). The Hall–Kier alpha value is -2.93. The van der Waals surface area contributed by atoms with Crippen LogP contribution in [0, 0.1) is 13.8 Å². The molecule has 4 N–H and O–H groups in total. The minimum Gasteiger partial charge on any atom is -0.352 e. The molecule has 0 aromatic heterocycles. The molecule has 0 heterocycles. The number of rotatable bonds is 6. The van der Waals surface area contributed by atoms with E-state index < -0.39 is 0 Å². The van der Waals surface area contributed by atoms with Gasteiger partial charge in [0.15, 0.2) is 5.11 Å². The maximum Gasteiger partial charge on any atom is 0.251 e. The van der Waals surface area contributed by atoms with Crippen LogP contribution in [0.1, 0.15) is 40.4 Å². The molecule has 2 aromatic carbocycles. The third-order valence-corrected chi connectivity index (χ3v) is 4.53. The van der Waals surface area contributed by atoms with Gasteiger partial charge < -0.3 is 10.6 Å². The van der Waals surface area contributed by atoms with Crippen molar-refractivity contribution in [3.05, 3.63) is 64.7 Å². The lowest BCUT2D eigenvalue weighted by Gasteiger charge is -2.16. The van der Waals surface area contributed by atoms with E-state index in [4.69, 9.17) is 12.2 Å². The van der Waals surface area contributed by atoms with Crippen LogP contribution in [-0.2, 0) is 11.2 Å². The zero-order valence-electron chi connectivity index (χ0n) is 16.4. The van der Waals surface area contributed by atoms with E-state index in [1.165, 1.54) is 0 Å². The van der Waals surface area contributed by atoms with E-state index in [2.05, 4.69) is 28.4 Å². The van der Waals surface area contributed by atoms with E-state index in [0.29, 0.717) is 10.7 Å². The molecule has 28 heavy (non-hydrogen) atoms. The van der Waals surface area contributed by atoms with Gasteiger partial charge in [0, 0.05) is 24.2 Å². The number of thiocarbonyl (C=S) groups is 1. The summed E-state index contributed by atoms with van der Waals surface area (Å²) < 4.78 is 0. The number of carbonyl (C=O) groups is 2. The quantitative estimate of drug-likeness (QED) is 0.444. The largest absolute Gasteiger partial charge is 0.352 e. The molecule has 0 unspecified atom stereocenters. The van der Waals surface area contributed by atoms with Crippen molar-refractivity contribution in [3.8, 4) is 0 Å². The normalized spacial score (nSPS) is 10.1. The van der Waals surface area contributed by atoms with Gasteiger partial charge in [-0.05, 0) is 55.2 Å². The van der Waals surface area contributed by atoms with Crippen LogP contribution in [0.5, 0.6) is 0 Å². The highest BCUT2D eigenvalue weighted by Crippen LogP contribution is 2.20. The van der Waals surface area contributed by atoms with Crippen LogP contribution in [0.2, 0.25) is 0 Å². The van der Waals surface area contributed by atoms with E-state index in [-0.39, 0.29) is 24.8 Å². The number of carbonyl (C=O) groups excluding carboxylic acids is 2. The van der Waals surface area contributed by atoms with Gasteiger partial charge in [0.05, 0.1) is 0 Å². The number of para-hydroxylation sites is 1. The van der Waals surface area contributed by atoms with Gasteiger partial charge in [0.2, 0.25) is 5.91 Å². The molecule has 2 amide bonds. The molecule has 7 heteroatoms. The number of nitrogens with one attached hydrogen (secondary N) is 4. The van der Waals surface area contributed by atoms with Gasteiger partial charge in [-0.3, -0.25) is 20.4 Å². The third-order valence-electron chi connectivity index (χ3n) is 4.32. The fourth-order valence-electron chi connectivity index (χ4n) is 2.75. The average Bonchev–Trinajstić information content (AvgIpc) is 2.68. The minimum absolute atomic E-state index is 0.137. The molecule has 0 radical (unpaired) electrons. The zero-order valence-corrected chi connectivity index (χ0v) is 17.2. The molecular weight excluding hydrogens is 372 g/mol. The van der Waals surface area contributed by atoms with Gasteiger partial charge in [0.1, 0.15) is 0 Å². The number of hydrogen-bond acceptors (Lipinski definition) is 3. The third kappa shape index (κ3) is 6.06. The average molecular weight is 399 g/mol. The second kappa shape index (κ2) is 10.4. The van der Waals surface area contributed by atoms with Gasteiger partial charge >= 0.3 is 0 Å². The highest BCUT2D eigenvalue weighted by atomic mass is 32.1. The summed E-state index contributed by atoms with van der Waals surface area (Å²) in [5.41, 5.74) is 9.91. The summed E-state index contributed by atoms with van der Waals surface area (Å²) in [7, 11) is 0. The van der Waals surface area contributed by atoms with Crippen LogP contribution in [0.3, 0.4) is 0 Å². The van der Waals surface area contributed by atoms with Gasteiger partial charge in [0.25, 0.3) is 5.91 Å².